The van der Waals surface area contributed by atoms with Crippen molar-refractivity contribution in [2.75, 3.05) is 5.32 Å². The second-order valence-corrected chi connectivity index (χ2v) is 5.81. The van der Waals surface area contributed by atoms with Crippen molar-refractivity contribution in [3.63, 3.8) is 0 Å². The number of carbonyl (C=O) groups excluding carboxylic acids is 1. The monoisotopic (exact) mass is 312 g/mol. The zero-order valence-electron chi connectivity index (χ0n) is 10.8. The third-order valence-corrected chi connectivity index (χ3v) is 4.69. The summed E-state index contributed by atoms with van der Waals surface area (Å²) >= 11 is 7.64. The second-order valence-electron chi connectivity index (χ2n) is 4.38. The Morgan fingerprint density at radius 1 is 1.14 bits per heavy atom. The minimum Gasteiger partial charge on any atom is -0.321 e. The van der Waals surface area contributed by atoms with Gasteiger partial charge in [-0.05, 0) is 30.3 Å². The van der Waals surface area contributed by atoms with Crippen LogP contribution >= 0.6 is 22.9 Å². The van der Waals surface area contributed by atoms with E-state index in [0.717, 1.165) is 10.1 Å². The quantitative estimate of drug-likeness (QED) is 0.747. The lowest BCUT2D eigenvalue weighted by molar-refractivity contribution is 0.103. The predicted molar refractivity (Wildman–Crippen MR) is 85.9 cm³/mol. The lowest BCUT2D eigenvalue weighted by atomic mass is 10.2. The number of nitrogens with zero attached hydrogens (tertiary/aromatic N) is 1. The van der Waals surface area contributed by atoms with Crippen LogP contribution in [0, 0.1) is 11.3 Å². The van der Waals surface area contributed by atoms with Crippen LogP contribution in [0.3, 0.4) is 0 Å². The zero-order chi connectivity index (χ0) is 14.8. The summed E-state index contributed by atoms with van der Waals surface area (Å²) in [6.45, 7) is 0. The number of carbonyl (C=O) groups is 1. The van der Waals surface area contributed by atoms with Crippen LogP contribution in [-0.4, -0.2) is 5.91 Å². The third-order valence-electron chi connectivity index (χ3n) is 3.01. The number of amides is 1. The van der Waals surface area contributed by atoms with Gasteiger partial charge in [-0.15, -0.1) is 11.3 Å². The van der Waals surface area contributed by atoms with Gasteiger partial charge < -0.3 is 5.32 Å². The van der Waals surface area contributed by atoms with Crippen molar-refractivity contribution >= 4 is 44.6 Å². The van der Waals surface area contributed by atoms with E-state index in [0.29, 0.717) is 21.2 Å². The number of thiophene rings is 1. The number of halogens is 1. The van der Waals surface area contributed by atoms with E-state index in [-0.39, 0.29) is 5.91 Å². The van der Waals surface area contributed by atoms with E-state index in [1.165, 1.54) is 11.3 Å². The van der Waals surface area contributed by atoms with Crippen molar-refractivity contribution in [1.29, 1.82) is 5.26 Å². The fourth-order valence-electron chi connectivity index (χ4n) is 1.98. The lowest BCUT2D eigenvalue weighted by Gasteiger charge is -2.03. The van der Waals surface area contributed by atoms with Crippen LogP contribution < -0.4 is 5.32 Å². The Bertz CT molecular complexity index is 862. The normalized spacial score (nSPS) is 10.3. The van der Waals surface area contributed by atoms with Gasteiger partial charge in [-0.2, -0.15) is 5.26 Å². The van der Waals surface area contributed by atoms with E-state index in [4.69, 9.17) is 16.9 Å². The Balaban J connectivity index is 1.90. The highest BCUT2D eigenvalue weighted by molar-refractivity contribution is 7.21. The number of fused-ring (bicyclic) bond motifs is 1. The van der Waals surface area contributed by atoms with E-state index >= 15 is 0 Å². The molecule has 0 saturated carbocycles. The first-order valence-corrected chi connectivity index (χ1v) is 7.37. The molecule has 0 aliphatic carbocycles. The molecule has 102 valence electrons. The summed E-state index contributed by atoms with van der Waals surface area (Å²) in [6.07, 6.45) is 0. The van der Waals surface area contributed by atoms with Gasteiger partial charge in [0.2, 0.25) is 0 Å². The molecule has 0 fully saturated rings. The lowest BCUT2D eigenvalue weighted by Crippen LogP contribution is -2.10. The van der Waals surface area contributed by atoms with Crippen LogP contribution in [0.25, 0.3) is 10.1 Å². The number of nitrogens with one attached hydrogen (secondary N) is 1. The first-order valence-electron chi connectivity index (χ1n) is 6.17. The molecule has 5 heteroatoms. The molecular formula is C16H9ClN2OS. The van der Waals surface area contributed by atoms with Gasteiger partial charge >= 0.3 is 0 Å². The fourth-order valence-corrected chi connectivity index (χ4v) is 3.39. The second kappa shape index (κ2) is 5.57. The van der Waals surface area contributed by atoms with Gasteiger partial charge in [-0.25, -0.2) is 0 Å². The molecular weight excluding hydrogens is 304 g/mol. The molecule has 1 aromatic heterocycles. The van der Waals surface area contributed by atoms with E-state index in [9.17, 15) is 4.79 Å². The zero-order valence-corrected chi connectivity index (χ0v) is 12.3. The van der Waals surface area contributed by atoms with Crippen LogP contribution in [0.5, 0.6) is 0 Å². The largest absolute Gasteiger partial charge is 0.321 e. The maximum atomic E-state index is 12.3. The Labute approximate surface area is 130 Å². The predicted octanol–water partition coefficient (Wildman–Crippen LogP) is 4.68. The average molecular weight is 313 g/mol. The van der Waals surface area contributed by atoms with E-state index < -0.39 is 0 Å². The van der Waals surface area contributed by atoms with Crippen LogP contribution in [0.2, 0.25) is 5.02 Å². The molecule has 3 aromatic rings. The SMILES string of the molecule is N#Cc1ccc(NC(=O)c2sc3ccccc3c2Cl)cc1. The van der Waals surface area contributed by atoms with Crippen molar-refractivity contribution in [1.82, 2.24) is 0 Å². The highest BCUT2D eigenvalue weighted by Gasteiger charge is 2.16. The minimum atomic E-state index is -0.245. The van der Waals surface area contributed by atoms with Crippen molar-refractivity contribution in [2.45, 2.75) is 0 Å². The molecule has 21 heavy (non-hydrogen) atoms. The van der Waals surface area contributed by atoms with Gasteiger partial charge in [0.05, 0.1) is 16.7 Å². The van der Waals surface area contributed by atoms with Crippen LogP contribution in [-0.2, 0) is 0 Å². The first-order chi connectivity index (χ1) is 10.2. The Morgan fingerprint density at radius 2 is 1.86 bits per heavy atom. The molecule has 1 amide bonds. The van der Waals surface area contributed by atoms with E-state index in [1.807, 2.05) is 30.3 Å². The van der Waals surface area contributed by atoms with Gasteiger partial charge in [0.1, 0.15) is 4.88 Å². The summed E-state index contributed by atoms with van der Waals surface area (Å²) in [6, 6.07) is 16.4. The smallest absolute Gasteiger partial charge is 0.267 e. The number of hydrogen-bond donors (Lipinski definition) is 1. The van der Waals surface area contributed by atoms with Gasteiger partial charge in [0.25, 0.3) is 5.91 Å². The number of nitriles is 1. The fraction of sp³-hybridized carbons (Fsp3) is 0. The third kappa shape index (κ3) is 2.62. The van der Waals surface area contributed by atoms with Crippen LogP contribution in [0.1, 0.15) is 15.2 Å². The summed E-state index contributed by atoms with van der Waals surface area (Å²) < 4.78 is 0.979. The Hall–Kier alpha value is -2.35. The molecule has 3 nitrogen and oxygen atoms in total. The van der Waals surface area contributed by atoms with Crippen LogP contribution in [0.15, 0.2) is 48.5 Å². The molecule has 0 bridgehead atoms. The molecule has 3 rings (SSSR count). The summed E-state index contributed by atoms with van der Waals surface area (Å²) in [5.41, 5.74) is 1.18. The molecule has 0 atom stereocenters. The van der Waals surface area contributed by atoms with E-state index in [2.05, 4.69) is 5.32 Å². The molecule has 2 aromatic carbocycles. The standard InChI is InChI=1S/C16H9ClN2OS/c17-14-12-3-1-2-4-13(12)21-15(14)16(20)19-11-7-5-10(9-18)6-8-11/h1-8H,(H,19,20). The summed E-state index contributed by atoms with van der Waals surface area (Å²) in [5.74, 6) is -0.245. The van der Waals surface area contributed by atoms with Gasteiger partial charge in [-0.1, -0.05) is 29.8 Å². The summed E-state index contributed by atoms with van der Waals surface area (Å²) in [5, 5.41) is 12.9. The molecule has 0 spiro atoms. The van der Waals surface area contributed by atoms with Crippen molar-refractivity contribution in [3.8, 4) is 6.07 Å². The molecule has 1 N–H and O–H groups in total. The Kier molecular flexibility index (Phi) is 3.61. The highest BCUT2D eigenvalue weighted by atomic mass is 35.5. The highest BCUT2D eigenvalue weighted by Crippen LogP contribution is 2.35. The molecule has 0 aliphatic rings. The number of hydrogen-bond acceptors (Lipinski definition) is 3. The Morgan fingerprint density at radius 3 is 2.52 bits per heavy atom. The topological polar surface area (TPSA) is 52.9 Å². The van der Waals surface area contributed by atoms with E-state index in [1.54, 1.807) is 24.3 Å². The minimum absolute atomic E-state index is 0.245. The molecule has 0 saturated heterocycles. The number of rotatable bonds is 2. The molecule has 0 aliphatic heterocycles. The number of benzene rings is 2. The average Bonchev–Trinajstić information content (AvgIpc) is 2.86. The maximum absolute atomic E-state index is 12.3. The number of anilines is 1. The summed E-state index contributed by atoms with van der Waals surface area (Å²) in [4.78, 5) is 12.8. The van der Waals surface area contributed by atoms with Crippen molar-refractivity contribution in [3.05, 3.63) is 64.0 Å². The molecule has 0 radical (unpaired) electrons. The van der Waals surface area contributed by atoms with Gasteiger partial charge in [0.15, 0.2) is 0 Å². The van der Waals surface area contributed by atoms with Gasteiger partial charge in [0, 0.05) is 15.8 Å². The molecule has 0 unspecified atom stereocenters. The van der Waals surface area contributed by atoms with Crippen molar-refractivity contribution < 1.29 is 4.79 Å². The summed E-state index contributed by atoms with van der Waals surface area (Å²) in [7, 11) is 0. The first kappa shape index (κ1) is 13.6. The molecule has 1 heterocycles. The van der Waals surface area contributed by atoms with Gasteiger partial charge in [-0.3, -0.25) is 4.79 Å². The van der Waals surface area contributed by atoms with Crippen molar-refractivity contribution in [2.24, 2.45) is 0 Å². The van der Waals surface area contributed by atoms with Crippen LogP contribution in [0.4, 0.5) is 5.69 Å². The maximum Gasteiger partial charge on any atom is 0.267 e.